The molecule has 0 aliphatic carbocycles. The smallest absolute Gasteiger partial charge is 0.261 e. The second-order valence-electron chi connectivity index (χ2n) is 3.07. The molecule has 0 amide bonds. The molecule has 84 valence electrons. The minimum atomic E-state index is -3.83. The van der Waals surface area contributed by atoms with Crippen LogP contribution in [-0.4, -0.2) is 18.5 Å². The lowest BCUT2D eigenvalue weighted by atomic mass is 10.2. The number of pyridine rings is 1. The highest BCUT2D eigenvalue weighted by molar-refractivity contribution is 8.13. The molecule has 7 heteroatoms. The molecular formula is C9H5Cl2NO3S. The average molecular weight is 278 g/mol. The molecule has 0 radical (unpaired) electrons. The minimum Gasteiger partial charge on any atom is -0.493 e. The molecule has 1 N–H and O–H groups in total. The molecule has 0 aliphatic heterocycles. The number of hydrogen-bond acceptors (Lipinski definition) is 4. The number of benzene rings is 1. The van der Waals surface area contributed by atoms with Crippen LogP contribution in [0.25, 0.3) is 10.8 Å². The van der Waals surface area contributed by atoms with Gasteiger partial charge in [0.25, 0.3) is 9.05 Å². The molecule has 16 heavy (non-hydrogen) atoms. The summed E-state index contributed by atoms with van der Waals surface area (Å²) < 4.78 is 22.2. The van der Waals surface area contributed by atoms with Crippen LogP contribution in [0.3, 0.4) is 0 Å². The number of hydrogen-bond donors (Lipinski definition) is 1. The Hall–Kier alpha value is -1.04. The van der Waals surface area contributed by atoms with Crippen LogP contribution in [0.4, 0.5) is 0 Å². The van der Waals surface area contributed by atoms with Crippen LogP contribution < -0.4 is 0 Å². The molecule has 0 bridgehead atoms. The summed E-state index contributed by atoms with van der Waals surface area (Å²) in [5.74, 6) is -0.290. The third-order valence-electron chi connectivity index (χ3n) is 2.07. The van der Waals surface area contributed by atoms with Gasteiger partial charge in [-0.25, -0.2) is 13.4 Å². The molecule has 0 saturated heterocycles. The lowest BCUT2D eigenvalue weighted by Gasteiger charge is -2.03. The summed E-state index contributed by atoms with van der Waals surface area (Å²) in [6, 6.07) is 4.01. The van der Waals surface area contributed by atoms with Crippen LogP contribution in [0, 0.1) is 0 Å². The highest BCUT2D eigenvalue weighted by atomic mass is 35.7. The van der Waals surface area contributed by atoms with Gasteiger partial charge in [-0.2, -0.15) is 0 Å². The fraction of sp³-hybridized carbons (Fsp3) is 0. The lowest BCUT2D eigenvalue weighted by molar-refractivity contribution is 0.460. The van der Waals surface area contributed by atoms with Crippen LogP contribution in [0.2, 0.25) is 5.02 Å². The van der Waals surface area contributed by atoms with Crippen molar-refractivity contribution in [1.29, 1.82) is 0 Å². The molecule has 1 aromatic carbocycles. The van der Waals surface area contributed by atoms with E-state index in [4.69, 9.17) is 22.3 Å². The normalized spacial score (nSPS) is 11.9. The average Bonchev–Trinajstić information content (AvgIpc) is 2.22. The van der Waals surface area contributed by atoms with Gasteiger partial charge >= 0.3 is 0 Å². The van der Waals surface area contributed by atoms with Crippen LogP contribution in [0.5, 0.6) is 5.88 Å². The van der Waals surface area contributed by atoms with Crippen molar-refractivity contribution in [2.75, 3.05) is 0 Å². The molecule has 1 heterocycles. The first-order valence-corrected chi connectivity index (χ1v) is 6.80. The number of rotatable bonds is 1. The molecule has 0 fully saturated rings. The first kappa shape index (κ1) is 11.4. The Kier molecular flexibility index (Phi) is 2.69. The monoisotopic (exact) mass is 277 g/mol. The van der Waals surface area contributed by atoms with Gasteiger partial charge in [0.2, 0.25) is 5.88 Å². The standard InChI is InChI=1S/C9H5Cl2NO3S/c10-8-4-12-9(13)7-3-5(16(11,14)15)1-2-6(7)8/h1-4H,(H,12,13). The Morgan fingerprint density at radius 2 is 1.94 bits per heavy atom. The Morgan fingerprint density at radius 1 is 1.25 bits per heavy atom. The highest BCUT2D eigenvalue weighted by Gasteiger charge is 2.13. The highest BCUT2D eigenvalue weighted by Crippen LogP contribution is 2.31. The predicted octanol–water partition coefficient (Wildman–Crippen LogP) is 2.52. The van der Waals surface area contributed by atoms with Crippen molar-refractivity contribution in [3.8, 4) is 5.88 Å². The third kappa shape index (κ3) is 1.93. The molecule has 0 aliphatic rings. The topological polar surface area (TPSA) is 67.3 Å². The third-order valence-corrected chi connectivity index (χ3v) is 3.72. The van der Waals surface area contributed by atoms with Gasteiger partial charge in [0.1, 0.15) is 0 Å². The summed E-state index contributed by atoms with van der Waals surface area (Å²) in [6.45, 7) is 0. The number of aromatic hydroxyl groups is 1. The Labute approximate surface area is 101 Å². The fourth-order valence-electron chi connectivity index (χ4n) is 1.33. The largest absolute Gasteiger partial charge is 0.493 e. The van der Waals surface area contributed by atoms with Gasteiger partial charge in [-0.05, 0) is 12.1 Å². The van der Waals surface area contributed by atoms with E-state index in [1.54, 1.807) is 0 Å². The summed E-state index contributed by atoms with van der Waals surface area (Å²) >= 11 is 5.84. The maximum Gasteiger partial charge on any atom is 0.261 e. The summed E-state index contributed by atoms with van der Waals surface area (Å²) in [5.41, 5.74) is 0. The first-order chi connectivity index (χ1) is 7.39. The summed E-state index contributed by atoms with van der Waals surface area (Å²) in [6.07, 6.45) is 1.29. The molecule has 2 rings (SSSR count). The fourth-order valence-corrected chi connectivity index (χ4v) is 2.32. The molecule has 2 aromatic rings. The zero-order valence-electron chi connectivity index (χ0n) is 7.68. The molecule has 0 unspecified atom stereocenters. The Bertz CT molecular complexity index is 670. The van der Waals surface area contributed by atoms with Crippen molar-refractivity contribution in [2.24, 2.45) is 0 Å². The van der Waals surface area contributed by atoms with E-state index in [9.17, 15) is 13.5 Å². The van der Waals surface area contributed by atoms with E-state index in [-0.39, 0.29) is 16.2 Å². The van der Waals surface area contributed by atoms with E-state index >= 15 is 0 Å². The van der Waals surface area contributed by atoms with Gasteiger partial charge in [-0.15, -0.1) is 0 Å². The maximum absolute atomic E-state index is 11.1. The number of aromatic nitrogens is 1. The van der Waals surface area contributed by atoms with E-state index in [2.05, 4.69) is 4.98 Å². The number of fused-ring (bicyclic) bond motifs is 1. The van der Waals surface area contributed by atoms with Gasteiger partial charge < -0.3 is 5.11 Å². The molecular weight excluding hydrogens is 273 g/mol. The molecule has 4 nitrogen and oxygen atoms in total. The lowest BCUT2D eigenvalue weighted by Crippen LogP contribution is -1.91. The second kappa shape index (κ2) is 3.76. The second-order valence-corrected chi connectivity index (χ2v) is 6.05. The summed E-state index contributed by atoms with van der Waals surface area (Å²) in [5, 5.41) is 10.6. The van der Waals surface area contributed by atoms with Crippen LogP contribution in [0.15, 0.2) is 29.3 Å². The number of halogens is 2. The zero-order chi connectivity index (χ0) is 11.9. The van der Waals surface area contributed by atoms with Crippen molar-refractivity contribution in [2.45, 2.75) is 4.90 Å². The van der Waals surface area contributed by atoms with E-state index in [1.165, 1.54) is 24.4 Å². The van der Waals surface area contributed by atoms with Crippen molar-refractivity contribution in [3.63, 3.8) is 0 Å². The Morgan fingerprint density at radius 3 is 2.56 bits per heavy atom. The van der Waals surface area contributed by atoms with Crippen LogP contribution in [0.1, 0.15) is 0 Å². The summed E-state index contributed by atoms with van der Waals surface area (Å²) in [7, 11) is 1.35. The minimum absolute atomic E-state index is 0.110. The van der Waals surface area contributed by atoms with Gasteiger partial charge in [-0.1, -0.05) is 17.7 Å². The van der Waals surface area contributed by atoms with E-state index in [0.29, 0.717) is 10.4 Å². The van der Waals surface area contributed by atoms with Crippen molar-refractivity contribution in [3.05, 3.63) is 29.4 Å². The summed E-state index contributed by atoms with van der Waals surface area (Å²) in [4.78, 5) is 3.51. The van der Waals surface area contributed by atoms with E-state index < -0.39 is 9.05 Å². The molecule has 0 spiro atoms. The predicted molar refractivity (Wildman–Crippen MR) is 61.5 cm³/mol. The Balaban J connectivity index is 2.86. The van der Waals surface area contributed by atoms with Gasteiger partial charge in [0.05, 0.1) is 16.1 Å². The van der Waals surface area contributed by atoms with Gasteiger partial charge in [0.15, 0.2) is 0 Å². The van der Waals surface area contributed by atoms with Crippen LogP contribution >= 0.6 is 22.3 Å². The van der Waals surface area contributed by atoms with Gasteiger partial charge in [0, 0.05) is 21.5 Å². The van der Waals surface area contributed by atoms with Crippen LogP contribution in [-0.2, 0) is 9.05 Å². The van der Waals surface area contributed by atoms with E-state index in [1.807, 2.05) is 0 Å². The van der Waals surface area contributed by atoms with Crippen molar-refractivity contribution in [1.82, 2.24) is 4.98 Å². The quantitative estimate of drug-likeness (QED) is 0.814. The zero-order valence-corrected chi connectivity index (χ0v) is 10.0. The molecule has 0 atom stereocenters. The first-order valence-electron chi connectivity index (χ1n) is 4.11. The van der Waals surface area contributed by atoms with Crippen molar-refractivity contribution < 1.29 is 13.5 Å². The van der Waals surface area contributed by atoms with E-state index in [0.717, 1.165) is 0 Å². The van der Waals surface area contributed by atoms with Crippen molar-refractivity contribution >= 4 is 42.1 Å². The maximum atomic E-state index is 11.1. The number of nitrogens with zero attached hydrogens (tertiary/aromatic N) is 1. The SMILES string of the molecule is O=S(=O)(Cl)c1ccc2c(Cl)cnc(O)c2c1. The molecule has 1 aromatic heterocycles. The van der Waals surface area contributed by atoms with Gasteiger partial charge in [-0.3, -0.25) is 0 Å². The molecule has 0 saturated carbocycles.